The van der Waals surface area contributed by atoms with Crippen LogP contribution in [0.1, 0.15) is 12.6 Å². The highest BCUT2D eigenvalue weighted by molar-refractivity contribution is 5.96. The van der Waals surface area contributed by atoms with Crippen LogP contribution in [0.15, 0.2) is 48.9 Å². The second kappa shape index (κ2) is 12.9. The molecule has 1 amide bonds. The summed E-state index contributed by atoms with van der Waals surface area (Å²) in [5, 5.41) is 2.62. The SMILES string of the molecule is CCOC(=O)Nc1nc2c(-c3ncccn3)cc(-c3ccc(CN(CCOC)CCOC)nc3)cc2[nH]1. The van der Waals surface area contributed by atoms with E-state index in [1.807, 2.05) is 30.5 Å². The van der Waals surface area contributed by atoms with Crippen molar-refractivity contribution in [3.8, 4) is 22.5 Å². The Balaban J connectivity index is 1.64. The summed E-state index contributed by atoms with van der Waals surface area (Å²) in [7, 11) is 3.39. The van der Waals surface area contributed by atoms with Crippen LogP contribution < -0.4 is 5.32 Å². The van der Waals surface area contributed by atoms with Crippen LogP contribution in [0.5, 0.6) is 0 Å². The normalized spacial score (nSPS) is 11.2. The van der Waals surface area contributed by atoms with Crippen LogP contribution in [0.2, 0.25) is 0 Å². The molecule has 3 aromatic heterocycles. The molecular weight excluding hydrogens is 474 g/mol. The molecule has 0 saturated carbocycles. The van der Waals surface area contributed by atoms with Crippen LogP contribution in [-0.4, -0.2) is 83.0 Å². The number of fused-ring (bicyclic) bond motifs is 1. The minimum Gasteiger partial charge on any atom is -0.450 e. The van der Waals surface area contributed by atoms with Gasteiger partial charge in [0.25, 0.3) is 0 Å². The summed E-state index contributed by atoms with van der Waals surface area (Å²) >= 11 is 0. The molecule has 0 spiro atoms. The van der Waals surface area contributed by atoms with Crippen LogP contribution in [0.4, 0.5) is 10.7 Å². The Bertz CT molecular complexity index is 1290. The molecule has 0 saturated heterocycles. The maximum absolute atomic E-state index is 11.9. The molecule has 0 aliphatic rings. The molecule has 0 aliphatic heterocycles. The van der Waals surface area contributed by atoms with Gasteiger partial charge >= 0.3 is 6.09 Å². The fourth-order valence-electron chi connectivity index (χ4n) is 3.84. The lowest BCUT2D eigenvalue weighted by atomic mass is 10.0. The molecule has 4 aromatic rings. The topological polar surface area (TPSA) is 127 Å². The van der Waals surface area contributed by atoms with Crippen molar-refractivity contribution >= 4 is 23.1 Å². The van der Waals surface area contributed by atoms with E-state index in [-0.39, 0.29) is 12.6 Å². The molecule has 0 aliphatic carbocycles. The van der Waals surface area contributed by atoms with E-state index in [1.165, 1.54) is 0 Å². The van der Waals surface area contributed by atoms with Gasteiger partial charge in [-0.05, 0) is 36.8 Å². The number of nitrogens with zero attached hydrogens (tertiary/aromatic N) is 5. The Kier molecular flexibility index (Phi) is 9.08. The first-order chi connectivity index (χ1) is 18.1. The second-order valence-electron chi connectivity index (χ2n) is 8.22. The highest BCUT2D eigenvalue weighted by atomic mass is 16.5. The lowest BCUT2D eigenvalue weighted by Crippen LogP contribution is -2.30. The average Bonchev–Trinajstić information content (AvgIpc) is 3.32. The van der Waals surface area contributed by atoms with E-state index in [9.17, 15) is 4.79 Å². The summed E-state index contributed by atoms with van der Waals surface area (Å²) in [5.41, 5.74) is 4.88. The minimum absolute atomic E-state index is 0.263. The first kappa shape index (κ1) is 26.1. The van der Waals surface area contributed by atoms with E-state index < -0.39 is 6.09 Å². The van der Waals surface area contributed by atoms with Crippen molar-refractivity contribution in [1.29, 1.82) is 0 Å². The van der Waals surface area contributed by atoms with Crippen molar-refractivity contribution in [2.45, 2.75) is 13.5 Å². The van der Waals surface area contributed by atoms with Gasteiger partial charge in [-0.2, -0.15) is 0 Å². The molecule has 1 aromatic carbocycles. The van der Waals surface area contributed by atoms with Gasteiger partial charge in [0, 0.05) is 63.6 Å². The number of methoxy groups -OCH3 is 2. The first-order valence-corrected chi connectivity index (χ1v) is 12.0. The van der Waals surface area contributed by atoms with Gasteiger partial charge in [-0.1, -0.05) is 6.07 Å². The highest BCUT2D eigenvalue weighted by Crippen LogP contribution is 2.32. The van der Waals surface area contributed by atoms with Gasteiger partial charge in [-0.25, -0.2) is 19.7 Å². The molecule has 0 bridgehead atoms. The number of carbonyl (C=O) groups excluding carboxylic acids is 1. The number of aromatic amines is 1. The van der Waals surface area contributed by atoms with Gasteiger partial charge in [0.05, 0.1) is 31.0 Å². The number of pyridine rings is 1. The number of hydrogen-bond acceptors (Lipinski definition) is 9. The largest absolute Gasteiger partial charge is 0.450 e. The van der Waals surface area contributed by atoms with Crippen molar-refractivity contribution in [1.82, 2.24) is 29.8 Å². The third kappa shape index (κ3) is 6.85. The Morgan fingerprint density at radius 3 is 2.43 bits per heavy atom. The molecule has 37 heavy (non-hydrogen) atoms. The van der Waals surface area contributed by atoms with E-state index in [0.29, 0.717) is 31.1 Å². The number of amides is 1. The number of carbonyl (C=O) groups is 1. The first-order valence-electron chi connectivity index (χ1n) is 12.0. The molecule has 2 N–H and O–H groups in total. The summed E-state index contributed by atoms with van der Waals surface area (Å²) in [4.78, 5) is 35.4. The maximum atomic E-state index is 11.9. The van der Waals surface area contributed by atoms with E-state index in [4.69, 9.17) is 19.2 Å². The monoisotopic (exact) mass is 505 g/mol. The molecular formula is C26H31N7O4. The van der Waals surface area contributed by atoms with Gasteiger partial charge in [0.2, 0.25) is 5.95 Å². The Morgan fingerprint density at radius 1 is 1.03 bits per heavy atom. The predicted molar refractivity (Wildman–Crippen MR) is 140 cm³/mol. The van der Waals surface area contributed by atoms with Crippen LogP contribution >= 0.6 is 0 Å². The lowest BCUT2D eigenvalue weighted by Gasteiger charge is -2.21. The van der Waals surface area contributed by atoms with E-state index in [1.54, 1.807) is 39.6 Å². The summed E-state index contributed by atoms with van der Waals surface area (Å²) in [6.45, 7) is 5.57. The van der Waals surface area contributed by atoms with Crippen LogP contribution in [-0.2, 0) is 20.8 Å². The number of ether oxygens (including phenoxy) is 3. The number of anilines is 1. The molecule has 0 atom stereocenters. The number of hydrogen-bond donors (Lipinski definition) is 2. The van der Waals surface area contributed by atoms with Gasteiger partial charge in [-0.15, -0.1) is 0 Å². The van der Waals surface area contributed by atoms with Gasteiger partial charge in [-0.3, -0.25) is 15.2 Å². The standard InChI is InChI=1S/C26H31N7O4/c1-4-37-26(34)32-25-30-22-15-19(14-21(23(22)31-25)24-27-8-5-9-28-24)18-6-7-20(29-16-18)17-33(10-12-35-2)11-13-36-3/h5-9,14-16H,4,10-13,17H2,1-3H3,(H2,30,31,32,34). The van der Waals surface area contributed by atoms with Gasteiger partial charge in [0.15, 0.2) is 5.82 Å². The number of nitrogens with one attached hydrogen (secondary N) is 2. The van der Waals surface area contributed by atoms with Crippen LogP contribution in [0, 0.1) is 0 Å². The summed E-state index contributed by atoms with van der Waals surface area (Å²) in [6, 6.07) is 9.76. The van der Waals surface area contributed by atoms with Gasteiger partial charge in [0.1, 0.15) is 5.52 Å². The van der Waals surface area contributed by atoms with Crippen molar-refractivity contribution in [2.24, 2.45) is 0 Å². The van der Waals surface area contributed by atoms with Crippen molar-refractivity contribution in [3.63, 3.8) is 0 Å². The number of rotatable bonds is 12. The molecule has 0 radical (unpaired) electrons. The molecule has 0 unspecified atom stereocenters. The third-order valence-electron chi connectivity index (χ3n) is 5.66. The third-order valence-corrected chi connectivity index (χ3v) is 5.66. The molecule has 0 fully saturated rings. The van der Waals surface area contributed by atoms with E-state index >= 15 is 0 Å². The lowest BCUT2D eigenvalue weighted by molar-refractivity contribution is 0.109. The number of aromatic nitrogens is 5. The zero-order chi connectivity index (χ0) is 26.0. The van der Waals surface area contributed by atoms with Gasteiger partial charge < -0.3 is 19.2 Å². The molecule has 194 valence electrons. The van der Waals surface area contributed by atoms with Crippen LogP contribution in [0.3, 0.4) is 0 Å². The predicted octanol–water partition coefficient (Wildman–Crippen LogP) is 3.75. The second-order valence-corrected chi connectivity index (χ2v) is 8.22. The quantitative estimate of drug-likeness (QED) is 0.296. The fraction of sp³-hybridized carbons (Fsp3) is 0.346. The van der Waals surface area contributed by atoms with E-state index in [2.05, 4.69) is 30.2 Å². The number of H-pyrrole nitrogens is 1. The molecule has 3 heterocycles. The molecule has 4 rings (SSSR count). The van der Waals surface area contributed by atoms with Crippen molar-refractivity contribution < 1.29 is 19.0 Å². The Labute approximate surface area is 215 Å². The van der Waals surface area contributed by atoms with Crippen molar-refractivity contribution in [2.75, 3.05) is 52.4 Å². The average molecular weight is 506 g/mol. The summed E-state index contributed by atoms with van der Waals surface area (Å²) in [6.07, 6.45) is 4.63. The number of benzene rings is 1. The Morgan fingerprint density at radius 2 is 1.78 bits per heavy atom. The summed E-state index contributed by atoms with van der Waals surface area (Å²) < 4.78 is 15.4. The number of imidazole rings is 1. The zero-order valence-electron chi connectivity index (χ0n) is 21.2. The smallest absolute Gasteiger partial charge is 0.413 e. The molecule has 11 heteroatoms. The fourth-order valence-corrected chi connectivity index (χ4v) is 3.84. The zero-order valence-corrected chi connectivity index (χ0v) is 21.2. The highest BCUT2D eigenvalue weighted by Gasteiger charge is 2.16. The van der Waals surface area contributed by atoms with Crippen LogP contribution in [0.25, 0.3) is 33.5 Å². The molecule has 11 nitrogen and oxygen atoms in total. The minimum atomic E-state index is -0.580. The Hall–Kier alpha value is -3.93. The summed E-state index contributed by atoms with van der Waals surface area (Å²) in [5.74, 6) is 0.809. The maximum Gasteiger partial charge on any atom is 0.413 e. The van der Waals surface area contributed by atoms with E-state index in [0.717, 1.165) is 41.0 Å². The van der Waals surface area contributed by atoms with Crippen molar-refractivity contribution in [3.05, 3.63) is 54.6 Å².